The van der Waals surface area contributed by atoms with Crippen LogP contribution in [-0.2, 0) is 21.1 Å². The third-order valence-electron chi connectivity index (χ3n) is 7.92. The van der Waals surface area contributed by atoms with Gasteiger partial charge >= 0.3 is 6.18 Å². The number of carbonyl (C=O) groups is 2. The number of alkyl halides is 3. The normalized spacial score (nSPS) is 20.7. The summed E-state index contributed by atoms with van der Waals surface area (Å²) >= 11 is 0. The third-order valence-corrected chi connectivity index (χ3v) is 7.92. The van der Waals surface area contributed by atoms with Gasteiger partial charge in [-0.3, -0.25) is 14.5 Å². The van der Waals surface area contributed by atoms with Crippen molar-refractivity contribution >= 4 is 23.3 Å². The summed E-state index contributed by atoms with van der Waals surface area (Å²) < 4.78 is 59.5. The molecule has 0 unspecified atom stereocenters. The molecule has 2 aromatic heterocycles. The van der Waals surface area contributed by atoms with Gasteiger partial charge < -0.3 is 15.2 Å². The average molecular weight is 573 g/mol. The van der Waals surface area contributed by atoms with Gasteiger partial charge in [0.25, 0.3) is 5.91 Å². The zero-order valence-electron chi connectivity index (χ0n) is 22.4. The Kier molecular flexibility index (Phi) is 7.56. The van der Waals surface area contributed by atoms with Gasteiger partial charge in [-0.05, 0) is 55.2 Å². The van der Waals surface area contributed by atoms with E-state index in [0.717, 1.165) is 23.4 Å². The SMILES string of the molecule is Cc1ccc(NC(=O)c2ccnc(C(F)(F)F)c2F)cc1-c1cnc2c(c1)[C@]1(C)CCOCC[C@H]1C(=O)N2CCO. The Labute approximate surface area is 233 Å². The number of aliphatic hydroxyl groups is 1. The first-order valence-electron chi connectivity index (χ1n) is 13.1. The number of rotatable bonds is 5. The van der Waals surface area contributed by atoms with Gasteiger partial charge in [0, 0.05) is 47.8 Å². The molecule has 41 heavy (non-hydrogen) atoms. The van der Waals surface area contributed by atoms with Crippen molar-refractivity contribution < 1.29 is 37.0 Å². The van der Waals surface area contributed by atoms with E-state index in [4.69, 9.17) is 4.74 Å². The Morgan fingerprint density at radius 1 is 1.22 bits per heavy atom. The Morgan fingerprint density at radius 2 is 2.00 bits per heavy atom. The molecule has 1 saturated heterocycles. The summed E-state index contributed by atoms with van der Waals surface area (Å²) in [4.78, 5) is 35.4. The number of anilines is 2. The van der Waals surface area contributed by atoms with Crippen LogP contribution in [0, 0.1) is 18.7 Å². The van der Waals surface area contributed by atoms with Crippen molar-refractivity contribution in [3.8, 4) is 11.1 Å². The second-order valence-corrected chi connectivity index (χ2v) is 10.4. The molecule has 2 aliphatic heterocycles. The van der Waals surface area contributed by atoms with Crippen molar-refractivity contribution in [2.24, 2.45) is 5.92 Å². The van der Waals surface area contributed by atoms with Crippen molar-refractivity contribution in [2.45, 2.75) is 38.3 Å². The molecule has 0 spiro atoms. The van der Waals surface area contributed by atoms with Gasteiger partial charge in [-0.2, -0.15) is 13.2 Å². The highest BCUT2D eigenvalue weighted by Gasteiger charge is 2.49. The number of ether oxygens (including phenoxy) is 1. The fourth-order valence-corrected chi connectivity index (χ4v) is 5.67. The molecule has 0 saturated carbocycles. The number of pyridine rings is 2. The summed E-state index contributed by atoms with van der Waals surface area (Å²) in [5, 5.41) is 12.1. The number of nitrogens with zero attached hydrogens (tertiary/aromatic N) is 3. The lowest BCUT2D eigenvalue weighted by molar-refractivity contribution is -0.143. The number of aromatic nitrogens is 2. The molecular weight excluding hydrogens is 544 g/mol. The van der Waals surface area contributed by atoms with Crippen LogP contribution in [0.25, 0.3) is 11.1 Å². The quantitative estimate of drug-likeness (QED) is 0.422. The molecule has 4 heterocycles. The Morgan fingerprint density at radius 3 is 2.73 bits per heavy atom. The van der Waals surface area contributed by atoms with E-state index in [9.17, 15) is 32.3 Å². The van der Waals surface area contributed by atoms with Gasteiger partial charge in [0.1, 0.15) is 5.82 Å². The lowest BCUT2D eigenvalue weighted by atomic mass is 9.66. The smallest absolute Gasteiger partial charge is 0.395 e. The van der Waals surface area contributed by atoms with Gasteiger partial charge in [-0.15, -0.1) is 0 Å². The van der Waals surface area contributed by atoms with Crippen molar-refractivity contribution in [2.75, 3.05) is 36.6 Å². The van der Waals surface area contributed by atoms with Gasteiger partial charge in [0.2, 0.25) is 5.91 Å². The van der Waals surface area contributed by atoms with Crippen LogP contribution in [0.4, 0.5) is 29.1 Å². The number of β-amino-alcohol motifs (C(OH)–C–C–N with tert-alkyl or cyclic N) is 1. The van der Waals surface area contributed by atoms with E-state index in [1.165, 1.54) is 4.90 Å². The van der Waals surface area contributed by atoms with Gasteiger partial charge in [0.05, 0.1) is 24.6 Å². The number of hydrogen-bond donors (Lipinski definition) is 2. The van der Waals surface area contributed by atoms with Gasteiger partial charge in [0.15, 0.2) is 11.5 Å². The number of fused-ring (bicyclic) bond motifs is 3. The standard InChI is InChI=1S/C29H28F4N4O4/c1-16-3-4-18(36-26(39)19-5-8-34-24(23(19)30)29(31,32)33)14-20(16)17-13-22-25(35-15-17)37(9-10-38)27(40)21-6-11-41-12-7-28(21,22)2/h3-5,8,13-15,21,38H,6-7,9-12H2,1-2H3,(H,36,39)/t21-,28+/m0/s1. The molecule has 12 heteroatoms. The van der Waals surface area contributed by atoms with Crippen molar-refractivity contribution in [3.05, 3.63) is 70.9 Å². The highest BCUT2D eigenvalue weighted by molar-refractivity contribution is 6.05. The van der Waals surface area contributed by atoms with E-state index in [2.05, 4.69) is 15.3 Å². The highest BCUT2D eigenvalue weighted by atomic mass is 19.4. The van der Waals surface area contributed by atoms with Crippen LogP contribution in [0.1, 0.15) is 46.9 Å². The maximum atomic E-state index is 14.5. The number of halogens is 4. The topological polar surface area (TPSA) is 105 Å². The first-order chi connectivity index (χ1) is 19.5. The van der Waals surface area contributed by atoms with Crippen molar-refractivity contribution in [1.82, 2.24) is 9.97 Å². The molecule has 3 aromatic rings. The largest absolute Gasteiger partial charge is 0.436 e. The van der Waals surface area contributed by atoms with Gasteiger partial charge in [-0.1, -0.05) is 13.0 Å². The Balaban J connectivity index is 1.52. The summed E-state index contributed by atoms with van der Waals surface area (Å²) in [5.41, 5.74) is 0.159. The van der Waals surface area contributed by atoms with Crippen LogP contribution < -0.4 is 10.2 Å². The Hall–Kier alpha value is -3.90. The molecule has 2 N–H and O–H groups in total. The minimum atomic E-state index is -5.05. The van der Waals surface area contributed by atoms with Crippen LogP contribution >= 0.6 is 0 Å². The molecular formula is C29H28F4N4O4. The molecule has 1 fully saturated rings. The molecule has 1 aromatic carbocycles. The lowest BCUT2D eigenvalue weighted by Crippen LogP contribution is -2.52. The second-order valence-electron chi connectivity index (χ2n) is 10.4. The minimum absolute atomic E-state index is 0.0993. The summed E-state index contributed by atoms with van der Waals surface area (Å²) in [6.07, 6.45) is -1.59. The predicted molar refractivity (Wildman–Crippen MR) is 142 cm³/mol. The molecule has 2 amide bonds. The van der Waals surface area contributed by atoms with Crippen LogP contribution in [0.3, 0.4) is 0 Å². The third kappa shape index (κ3) is 5.17. The summed E-state index contributed by atoms with van der Waals surface area (Å²) in [6.45, 7) is 4.68. The second kappa shape index (κ2) is 10.8. The number of carbonyl (C=O) groups excluding carboxylic acids is 2. The van der Waals surface area contributed by atoms with Crippen LogP contribution in [-0.4, -0.2) is 53.3 Å². The minimum Gasteiger partial charge on any atom is -0.395 e. The van der Waals surface area contributed by atoms with E-state index in [0.29, 0.717) is 43.0 Å². The van der Waals surface area contributed by atoms with Crippen molar-refractivity contribution in [1.29, 1.82) is 0 Å². The Bertz CT molecular complexity index is 1510. The molecule has 2 aliphatic rings. The van der Waals surface area contributed by atoms with Crippen molar-refractivity contribution in [3.63, 3.8) is 0 Å². The zero-order chi connectivity index (χ0) is 29.5. The molecule has 2 atom stereocenters. The monoisotopic (exact) mass is 572 g/mol. The van der Waals surface area contributed by atoms with E-state index < -0.39 is 34.6 Å². The number of hydrogen-bond acceptors (Lipinski definition) is 6. The lowest BCUT2D eigenvalue weighted by Gasteiger charge is -2.44. The molecule has 0 aliphatic carbocycles. The fourth-order valence-electron chi connectivity index (χ4n) is 5.67. The van der Waals surface area contributed by atoms with E-state index in [1.54, 1.807) is 24.4 Å². The molecule has 216 valence electrons. The number of benzene rings is 1. The number of aliphatic hydroxyl groups excluding tert-OH is 1. The maximum absolute atomic E-state index is 14.5. The highest BCUT2D eigenvalue weighted by Crippen LogP contribution is 2.48. The molecule has 0 bridgehead atoms. The van der Waals surface area contributed by atoms with Crippen LogP contribution in [0.2, 0.25) is 0 Å². The summed E-state index contributed by atoms with van der Waals surface area (Å²) in [5.74, 6) is -2.78. The summed E-state index contributed by atoms with van der Waals surface area (Å²) in [7, 11) is 0. The van der Waals surface area contributed by atoms with Gasteiger partial charge in [-0.25, -0.2) is 14.4 Å². The predicted octanol–water partition coefficient (Wildman–Crippen LogP) is 4.89. The molecule has 5 rings (SSSR count). The van der Waals surface area contributed by atoms with E-state index >= 15 is 0 Å². The zero-order valence-corrected chi connectivity index (χ0v) is 22.4. The molecule has 8 nitrogen and oxygen atoms in total. The maximum Gasteiger partial charge on any atom is 0.436 e. The van der Waals surface area contributed by atoms with Crippen LogP contribution in [0.5, 0.6) is 0 Å². The van der Waals surface area contributed by atoms with E-state index in [-0.39, 0.29) is 30.7 Å². The number of amides is 2. The fraction of sp³-hybridized carbons (Fsp3) is 0.379. The number of aryl methyl sites for hydroxylation is 1. The average Bonchev–Trinajstić information content (AvgIpc) is 3.13. The first-order valence-corrected chi connectivity index (χ1v) is 13.1. The number of nitrogens with one attached hydrogen (secondary N) is 1. The first kappa shape index (κ1) is 28.6. The molecule has 0 radical (unpaired) electrons. The van der Waals surface area contributed by atoms with E-state index in [1.807, 2.05) is 19.9 Å². The van der Waals surface area contributed by atoms with Crippen LogP contribution in [0.15, 0.2) is 42.7 Å². The summed E-state index contributed by atoms with van der Waals surface area (Å²) in [6, 6.07) is 7.75.